The van der Waals surface area contributed by atoms with Crippen LogP contribution in [0.5, 0.6) is 5.75 Å². The van der Waals surface area contributed by atoms with Crippen molar-refractivity contribution >= 4 is 34.7 Å². The summed E-state index contributed by atoms with van der Waals surface area (Å²) in [5, 5.41) is 6.06. The van der Waals surface area contributed by atoms with Crippen molar-refractivity contribution in [3.63, 3.8) is 0 Å². The number of hydrogen-bond donors (Lipinski definition) is 2. The maximum absolute atomic E-state index is 13.4. The summed E-state index contributed by atoms with van der Waals surface area (Å²) < 4.78 is 45.8. The van der Waals surface area contributed by atoms with E-state index in [1.807, 2.05) is 13.8 Å². The minimum Gasteiger partial charge on any atom is -0.491 e. The van der Waals surface area contributed by atoms with Gasteiger partial charge in [-0.3, -0.25) is 0 Å². The predicted octanol–water partition coefficient (Wildman–Crippen LogP) is 6.81. The highest BCUT2D eigenvalue weighted by molar-refractivity contribution is 6.30. The number of benzene rings is 2. The van der Waals surface area contributed by atoms with E-state index in [0.717, 1.165) is 12.6 Å². The summed E-state index contributed by atoms with van der Waals surface area (Å²) in [6, 6.07) is 13.3. The van der Waals surface area contributed by atoms with E-state index in [2.05, 4.69) is 20.6 Å². The van der Waals surface area contributed by atoms with Gasteiger partial charge in [0.05, 0.1) is 6.10 Å². The molecule has 0 radical (unpaired) electrons. The van der Waals surface area contributed by atoms with Gasteiger partial charge in [-0.15, -0.1) is 0 Å². The summed E-state index contributed by atoms with van der Waals surface area (Å²) in [6.45, 7) is 4.00. The summed E-state index contributed by atoms with van der Waals surface area (Å²) in [5.74, 6) is 0.363. The van der Waals surface area contributed by atoms with Crippen LogP contribution in [0.15, 0.2) is 54.7 Å². The van der Waals surface area contributed by atoms with E-state index in [1.54, 1.807) is 48.5 Å². The second-order valence-electron chi connectivity index (χ2n) is 6.57. The lowest BCUT2D eigenvalue weighted by atomic mass is 10.2. The molecular formula is C21H20ClF3N4O. The third-order valence-corrected chi connectivity index (χ3v) is 4.48. The molecule has 0 amide bonds. The number of aromatic nitrogens is 2. The van der Waals surface area contributed by atoms with Gasteiger partial charge in [0.1, 0.15) is 17.1 Å². The van der Waals surface area contributed by atoms with Gasteiger partial charge in [-0.25, -0.2) is 4.98 Å². The molecule has 0 spiro atoms. The third-order valence-electron chi connectivity index (χ3n) is 4.22. The molecule has 1 aromatic heterocycles. The fourth-order valence-electron chi connectivity index (χ4n) is 2.48. The Hall–Kier alpha value is -3.00. The summed E-state index contributed by atoms with van der Waals surface area (Å²) >= 11 is 5.83. The molecule has 5 nitrogen and oxygen atoms in total. The van der Waals surface area contributed by atoms with Crippen molar-refractivity contribution < 1.29 is 17.9 Å². The topological polar surface area (TPSA) is 59.1 Å². The molecule has 158 valence electrons. The van der Waals surface area contributed by atoms with Crippen molar-refractivity contribution in [3.8, 4) is 5.75 Å². The van der Waals surface area contributed by atoms with E-state index in [9.17, 15) is 13.2 Å². The number of nitrogens with zero attached hydrogens (tertiary/aromatic N) is 2. The van der Waals surface area contributed by atoms with Gasteiger partial charge in [0, 0.05) is 22.6 Å². The Morgan fingerprint density at radius 2 is 1.60 bits per heavy atom. The maximum Gasteiger partial charge on any atom is 0.421 e. The Morgan fingerprint density at radius 3 is 2.20 bits per heavy atom. The SMILES string of the molecule is CCC(C)Oc1ccc(Nc2ncc(C(F)(F)F)c(Nc3ccc(Cl)cc3)n2)cc1. The van der Waals surface area contributed by atoms with Gasteiger partial charge >= 0.3 is 6.18 Å². The number of halogens is 4. The number of ether oxygens (including phenoxy) is 1. The summed E-state index contributed by atoms with van der Waals surface area (Å²) in [7, 11) is 0. The number of anilines is 4. The van der Waals surface area contributed by atoms with Crippen molar-refractivity contribution in [1.29, 1.82) is 0 Å². The predicted molar refractivity (Wildman–Crippen MR) is 112 cm³/mol. The Kier molecular flexibility index (Phi) is 6.66. The molecule has 0 saturated heterocycles. The van der Waals surface area contributed by atoms with Gasteiger partial charge in [0.2, 0.25) is 5.95 Å². The van der Waals surface area contributed by atoms with Crippen molar-refractivity contribution in [1.82, 2.24) is 9.97 Å². The van der Waals surface area contributed by atoms with Crippen molar-refractivity contribution in [2.24, 2.45) is 0 Å². The smallest absolute Gasteiger partial charge is 0.421 e. The highest BCUT2D eigenvalue weighted by Gasteiger charge is 2.35. The number of rotatable bonds is 7. The average Bonchev–Trinajstić information content (AvgIpc) is 2.70. The highest BCUT2D eigenvalue weighted by Crippen LogP contribution is 2.35. The molecular weight excluding hydrogens is 417 g/mol. The lowest BCUT2D eigenvalue weighted by Gasteiger charge is -2.15. The Bertz CT molecular complexity index is 979. The third kappa shape index (κ3) is 5.76. The van der Waals surface area contributed by atoms with Crippen molar-refractivity contribution in [2.45, 2.75) is 32.5 Å². The molecule has 1 atom stereocenters. The first-order chi connectivity index (χ1) is 14.2. The summed E-state index contributed by atoms with van der Waals surface area (Å²) in [4.78, 5) is 7.82. The zero-order valence-corrected chi connectivity index (χ0v) is 17.1. The van der Waals surface area contributed by atoms with E-state index in [4.69, 9.17) is 16.3 Å². The second kappa shape index (κ2) is 9.21. The molecule has 0 aliphatic heterocycles. The van der Waals surface area contributed by atoms with Crippen LogP contribution in [0.1, 0.15) is 25.8 Å². The molecule has 1 unspecified atom stereocenters. The zero-order chi connectivity index (χ0) is 21.7. The van der Waals surface area contributed by atoms with Crippen molar-refractivity contribution in [2.75, 3.05) is 10.6 Å². The average molecular weight is 437 g/mol. The molecule has 2 aromatic carbocycles. The fourth-order valence-corrected chi connectivity index (χ4v) is 2.60. The highest BCUT2D eigenvalue weighted by atomic mass is 35.5. The van der Waals surface area contributed by atoms with Crippen molar-refractivity contribution in [3.05, 3.63) is 65.3 Å². The van der Waals surface area contributed by atoms with Crippen LogP contribution >= 0.6 is 11.6 Å². The molecule has 0 fully saturated rings. The van der Waals surface area contributed by atoms with Crippen LogP contribution in [-0.4, -0.2) is 16.1 Å². The molecule has 9 heteroatoms. The van der Waals surface area contributed by atoms with Crippen LogP contribution in [0.2, 0.25) is 5.02 Å². The molecule has 3 rings (SSSR count). The standard InChI is InChI=1S/C21H20ClF3N4O/c1-3-13(2)30-17-10-8-16(9-11-17)28-20-26-12-18(21(23,24)25)19(29-20)27-15-6-4-14(22)5-7-15/h4-13H,3H2,1-2H3,(H2,26,27,28,29). The molecule has 1 heterocycles. The normalized spacial score (nSPS) is 12.3. The molecule has 0 aliphatic rings. The van der Waals surface area contributed by atoms with Crippen LogP contribution < -0.4 is 15.4 Å². The molecule has 0 bridgehead atoms. The summed E-state index contributed by atoms with van der Waals surface area (Å²) in [6.07, 6.45) is -2.90. The van der Waals surface area contributed by atoms with Gasteiger partial charge in [-0.2, -0.15) is 18.2 Å². The van der Waals surface area contributed by atoms with E-state index < -0.39 is 11.7 Å². The molecule has 30 heavy (non-hydrogen) atoms. The second-order valence-corrected chi connectivity index (χ2v) is 7.01. The van der Waals surface area contributed by atoms with Crippen LogP contribution in [0, 0.1) is 0 Å². The van der Waals surface area contributed by atoms with Gasteiger partial charge in [0.25, 0.3) is 0 Å². The van der Waals surface area contributed by atoms with Crippen LogP contribution in [0.3, 0.4) is 0 Å². The Balaban J connectivity index is 1.82. The van der Waals surface area contributed by atoms with Crippen LogP contribution in [0.25, 0.3) is 0 Å². The van der Waals surface area contributed by atoms with Gasteiger partial charge < -0.3 is 15.4 Å². The number of nitrogens with one attached hydrogen (secondary N) is 2. The lowest BCUT2D eigenvalue weighted by molar-refractivity contribution is -0.137. The van der Waals surface area contributed by atoms with E-state index in [0.29, 0.717) is 22.1 Å². The molecule has 0 saturated carbocycles. The van der Waals surface area contributed by atoms with Gasteiger partial charge in [0.15, 0.2) is 0 Å². The summed E-state index contributed by atoms with van der Waals surface area (Å²) in [5.41, 5.74) is 0.0603. The fraction of sp³-hybridized carbons (Fsp3) is 0.238. The Labute approximate surface area is 177 Å². The minimum absolute atomic E-state index is 0.0232. The quantitative estimate of drug-likeness (QED) is 0.426. The zero-order valence-electron chi connectivity index (χ0n) is 16.3. The Morgan fingerprint density at radius 1 is 1.00 bits per heavy atom. The first-order valence-corrected chi connectivity index (χ1v) is 9.63. The van der Waals surface area contributed by atoms with Crippen LogP contribution in [-0.2, 0) is 6.18 Å². The molecule has 2 N–H and O–H groups in total. The van der Waals surface area contributed by atoms with Crippen LogP contribution in [0.4, 0.5) is 36.3 Å². The molecule has 3 aromatic rings. The van der Waals surface area contributed by atoms with Gasteiger partial charge in [-0.1, -0.05) is 18.5 Å². The first kappa shape index (κ1) is 21.7. The molecule has 0 aliphatic carbocycles. The first-order valence-electron chi connectivity index (χ1n) is 9.25. The van der Waals surface area contributed by atoms with Gasteiger partial charge in [-0.05, 0) is 61.9 Å². The number of alkyl halides is 3. The van der Waals surface area contributed by atoms with E-state index >= 15 is 0 Å². The lowest BCUT2D eigenvalue weighted by Crippen LogP contribution is -2.12. The number of hydrogen-bond acceptors (Lipinski definition) is 5. The largest absolute Gasteiger partial charge is 0.491 e. The van der Waals surface area contributed by atoms with E-state index in [-0.39, 0.29) is 17.9 Å². The maximum atomic E-state index is 13.4. The monoisotopic (exact) mass is 436 g/mol. The minimum atomic E-state index is -4.61. The van der Waals surface area contributed by atoms with E-state index in [1.165, 1.54) is 0 Å².